The zero-order valence-corrected chi connectivity index (χ0v) is 17.0. The van der Waals surface area contributed by atoms with Crippen LogP contribution in [0.3, 0.4) is 0 Å². The van der Waals surface area contributed by atoms with E-state index in [2.05, 4.69) is 16.1 Å². The van der Waals surface area contributed by atoms with Crippen LogP contribution in [0.25, 0.3) is 0 Å². The summed E-state index contributed by atoms with van der Waals surface area (Å²) in [4.78, 5) is 17.5. The van der Waals surface area contributed by atoms with E-state index in [1.165, 1.54) is 0 Å². The minimum absolute atomic E-state index is 0.0721. The summed E-state index contributed by atoms with van der Waals surface area (Å²) in [5, 5.41) is 4.58. The molecule has 150 valence electrons. The van der Waals surface area contributed by atoms with Crippen molar-refractivity contribution < 1.29 is 14.3 Å². The molecule has 1 aromatic carbocycles. The van der Waals surface area contributed by atoms with Gasteiger partial charge in [-0.15, -0.1) is 0 Å². The molecule has 0 saturated carbocycles. The molecule has 2 aromatic rings. The molecular formula is C21H28N4O3. The summed E-state index contributed by atoms with van der Waals surface area (Å²) in [6, 6.07) is 8.07. The Morgan fingerprint density at radius 3 is 2.68 bits per heavy atom. The first kappa shape index (κ1) is 18.8. The topological polar surface area (TPSA) is 59.8 Å². The Labute approximate surface area is 165 Å². The maximum absolute atomic E-state index is 13.3. The Bertz CT molecular complexity index is 871. The molecule has 0 spiro atoms. The standard InChI is InChI=1S/C21H28N4O3/c1-14-12-18-19(15(2)28-14)22-23(3)20(18)21(26)25-10-8-24(9-11-25)16-6-5-7-17(13-16)27-4/h5-7,13-15H,8-12H2,1-4H3/t14-,15+/m1/s1. The molecule has 3 heterocycles. The van der Waals surface area contributed by atoms with Crippen molar-refractivity contribution in [2.75, 3.05) is 38.2 Å². The van der Waals surface area contributed by atoms with E-state index in [1.807, 2.05) is 44.0 Å². The molecule has 1 amide bonds. The Morgan fingerprint density at radius 2 is 1.96 bits per heavy atom. The van der Waals surface area contributed by atoms with Crippen LogP contribution >= 0.6 is 0 Å². The Morgan fingerprint density at radius 1 is 1.21 bits per heavy atom. The minimum atomic E-state index is -0.0728. The number of piperazine rings is 1. The first-order valence-corrected chi connectivity index (χ1v) is 9.87. The quantitative estimate of drug-likeness (QED) is 0.813. The first-order chi connectivity index (χ1) is 13.5. The van der Waals surface area contributed by atoms with Crippen LogP contribution in [0, 0.1) is 0 Å². The van der Waals surface area contributed by atoms with E-state index in [-0.39, 0.29) is 18.1 Å². The third kappa shape index (κ3) is 3.35. The summed E-state index contributed by atoms with van der Waals surface area (Å²) in [7, 11) is 3.53. The van der Waals surface area contributed by atoms with Crippen LogP contribution in [0.4, 0.5) is 5.69 Å². The summed E-state index contributed by atoms with van der Waals surface area (Å²) in [6.07, 6.45) is 0.762. The summed E-state index contributed by atoms with van der Waals surface area (Å²) in [5.41, 5.74) is 3.80. The lowest BCUT2D eigenvalue weighted by Crippen LogP contribution is -2.49. The summed E-state index contributed by atoms with van der Waals surface area (Å²) in [6.45, 7) is 7.04. The fourth-order valence-corrected chi connectivity index (χ4v) is 4.26. The molecule has 7 heteroatoms. The van der Waals surface area contributed by atoms with Gasteiger partial charge in [-0.3, -0.25) is 9.48 Å². The number of ether oxygens (including phenoxy) is 2. The van der Waals surface area contributed by atoms with Crippen LogP contribution in [0.5, 0.6) is 5.75 Å². The number of carbonyl (C=O) groups excluding carboxylic acids is 1. The maximum Gasteiger partial charge on any atom is 0.272 e. The molecule has 1 saturated heterocycles. The zero-order chi connectivity index (χ0) is 19.8. The lowest BCUT2D eigenvalue weighted by molar-refractivity contribution is -0.00714. The van der Waals surface area contributed by atoms with E-state index in [0.29, 0.717) is 18.8 Å². The van der Waals surface area contributed by atoms with E-state index in [4.69, 9.17) is 9.47 Å². The van der Waals surface area contributed by atoms with Gasteiger partial charge >= 0.3 is 0 Å². The zero-order valence-electron chi connectivity index (χ0n) is 17.0. The van der Waals surface area contributed by atoms with Crippen molar-refractivity contribution in [3.8, 4) is 5.75 Å². The molecule has 7 nitrogen and oxygen atoms in total. The molecule has 1 fully saturated rings. The molecule has 2 atom stereocenters. The van der Waals surface area contributed by atoms with Crippen LogP contribution in [0.15, 0.2) is 24.3 Å². The second-order valence-electron chi connectivity index (χ2n) is 7.61. The second-order valence-corrected chi connectivity index (χ2v) is 7.61. The van der Waals surface area contributed by atoms with Gasteiger partial charge in [0, 0.05) is 57.0 Å². The third-order valence-electron chi connectivity index (χ3n) is 5.68. The largest absolute Gasteiger partial charge is 0.497 e. The van der Waals surface area contributed by atoms with Gasteiger partial charge in [-0.1, -0.05) is 6.07 Å². The molecule has 4 rings (SSSR count). The van der Waals surface area contributed by atoms with Crippen molar-refractivity contribution >= 4 is 11.6 Å². The minimum Gasteiger partial charge on any atom is -0.497 e. The molecule has 2 aliphatic rings. The van der Waals surface area contributed by atoms with Gasteiger partial charge in [0.05, 0.1) is 25.0 Å². The van der Waals surface area contributed by atoms with Gasteiger partial charge in [0.25, 0.3) is 5.91 Å². The van der Waals surface area contributed by atoms with Crippen molar-refractivity contribution in [1.29, 1.82) is 0 Å². The Hall–Kier alpha value is -2.54. The van der Waals surface area contributed by atoms with Crippen molar-refractivity contribution in [3.05, 3.63) is 41.2 Å². The molecule has 0 N–H and O–H groups in total. The van der Waals surface area contributed by atoms with Crippen molar-refractivity contribution in [2.24, 2.45) is 7.05 Å². The third-order valence-corrected chi connectivity index (χ3v) is 5.68. The summed E-state index contributed by atoms with van der Waals surface area (Å²) < 4.78 is 12.9. The average molecular weight is 384 g/mol. The van der Waals surface area contributed by atoms with E-state index in [1.54, 1.807) is 11.8 Å². The van der Waals surface area contributed by atoms with E-state index in [9.17, 15) is 4.79 Å². The number of fused-ring (bicyclic) bond motifs is 1. The Balaban J connectivity index is 1.49. The van der Waals surface area contributed by atoms with Crippen LogP contribution in [0.1, 0.15) is 41.7 Å². The highest BCUT2D eigenvalue weighted by Crippen LogP contribution is 2.32. The van der Waals surface area contributed by atoms with Gasteiger partial charge in [-0.25, -0.2) is 0 Å². The molecule has 0 radical (unpaired) electrons. The molecule has 0 unspecified atom stereocenters. The number of carbonyl (C=O) groups is 1. The van der Waals surface area contributed by atoms with Gasteiger partial charge in [0.15, 0.2) is 0 Å². The number of hydrogen-bond acceptors (Lipinski definition) is 5. The molecular weight excluding hydrogens is 356 g/mol. The van der Waals surface area contributed by atoms with Gasteiger partial charge in [0.1, 0.15) is 11.4 Å². The lowest BCUT2D eigenvalue weighted by Gasteiger charge is -2.36. The molecule has 28 heavy (non-hydrogen) atoms. The first-order valence-electron chi connectivity index (χ1n) is 9.87. The maximum atomic E-state index is 13.3. The van der Waals surface area contributed by atoms with E-state index >= 15 is 0 Å². The van der Waals surface area contributed by atoms with Crippen LogP contribution < -0.4 is 9.64 Å². The normalized spacial score (nSPS) is 22.1. The number of benzene rings is 1. The highest BCUT2D eigenvalue weighted by atomic mass is 16.5. The average Bonchev–Trinajstić information content (AvgIpc) is 3.04. The van der Waals surface area contributed by atoms with Crippen molar-refractivity contribution in [3.63, 3.8) is 0 Å². The van der Waals surface area contributed by atoms with E-state index < -0.39 is 0 Å². The monoisotopic (exact) mass is 384 g/mol. The molecule has 2 aliphatic heterocycles. The number of nitrogens with zero attached hydrogens (tertiary/aromatic N) is 4. The van der Waals surface area contributed by atoms with Gasteiger partial charge in [0.2, 0.25) is 0 Å². The number of aromatic nitrogens is 2. The predicted molar refractivity (Wildman–Crippen MR) is 107 cm³/mol. The Kier molecular flexibility index (Phi) is 5.02. The molecule has 0 bridgehead atoms. The van der Waals surface area contributed by atoms with Gasteiger partial charge in [-0.05, 0) is 26.0 Å². The number of aryl methyl sites for hydroxylation is 1. The smallest absolute Gasteiger partial charge is 0.272 e. The highest BCUT2D eigenvalue weighted by Gasteiger charge is 2.33. The fourth-order valence-electron chi connectivity index (χ4n) is 4.26. The highest BCUT2D eigenvalue weighted by molar-refractivity contribution is 5.94. The van der Waals surface area contributed by atoms with E-state index in [0.717, 1.165) is 42.2 Å². The molecule has 0 aliphatic carbocycles. The summed E-state index contributed by atoms with van der Waals surface area (Å²) in [5.74, 6) is 0.922. The number of amides is 1. The second kappa shape index (κ2) is 7.47. The van der Waals surface area contributed by atoms with Gasteiger partial charge < -0.3 is 19.3 Å². The number of methoxy groups -OCH3 is 1. The molecule has 1 aromatic heterocycles. The van der Waals surface area contributed by atoms with Gasteiger partial charge in [-0.2, -0.15) is 5.10 Å². The predicted octanol–water partition coefficient (Wildman–Crippen LogP) is 2.41. The summed E-state index contributed by atoms with van der Waals surface area (Å²) >= 11 is 0. The SMILES string of the molecule is COc1cccc(N2CCN(C(=O)c3c4c(nn3C)[C@H](C)O[C@H](C)C4)CC2)c1. The number of anilines is 1. The fraction of sp³-hybridized carbons (Fsp3) is 0.524. The van der Waals surface area contributed by atoms with Crippen molar-refractivity contribution in [2.45, 2.75) is 32.5 Å². The number of rotatable bonds is 3. The van der Waals surface area contributed by atoms with Crippen LogP contribution in [-0.4, -0.2) is 60.0 Å². The van der Waals surface area contributed by atoms with Crippen LogP contribution in [0.2, 0.25) is 0 Å². The van der Waals surface area contributed by atoms with Crippen LogP contribution in [-0.2, 0) is 18.2 Å². The lowest BCUT2D eigenvalue weighted by atomic mass is 9.99. The number of hydrogen-bond donors (Lipinski definition) is 0. The van der Waals surface area contributed by atoms with Crippen molar-refractivity contribution in [1.82, 2.24) is 14.7 Å².